The van der Waals surface area contributed by atoms with Crippen LogP contribution in [0, 0.1) is 11.3 Å². The van der Waals surface area contributed by atoms with Crippen LogP contribution in [-0.4, -0.2) is 33.2 Å². The second-order valence-corrected chi connectivity index (χ2v) is 6.80. The van der Waals surface area contributed by atoms with E-state index in [0.29, 0.717) is 22.8 Å². The van der Waals surface area contributed by atoms with Gasteiger partial charge in [0, 0.05) is 0 Å². The third-order valence-corrected chi connectivity index (χ3v) is 4.69. The summed E-state index contributed by atoms with van der Waals surface area (Å²) in [6, 6.07) is 14.6. The number of carbonyl (C=O) groups excluding carboxylic acids is 2. The normalized spacial score (nSPS) is 10.7. The summed E-state index contributed by atoms with van der Waals surface area (Å²) in [6.45, 7) is 0.152. The van der Waals surface area contributed by atoms with Crippen LogP contribution >= 0.6 is 0 Å². The van der Waals surface area contributed by atoms with E-state index in [9.17, 15) is 14.9 Å². The van der Waals surface area contributed by atoms with Crippen molar-refractivity contribution < 1.29 is 33.0 Å². The molecule has 9 heteroatoms. The number of rotatable bonds is 9. The van der Waals surface area contributed by atoms with E-state index < -0.39 is 11.9 Å². The van der Waals surface area contributed by atoms with Crippen molar-refractivity contribution in [2.24, 2.45) is 0 Å². The molecule has 0 saturated carbocycles. The van der Waals surface area contributed by atoms with Crippen LogP contribution in [-0.2, 0) is 11.3 Å². The van der Waals surface area contributed by atoms with E-state index in [2.05, 4.69) is 5.32 Å². The summed E-state index contributed by atoms with van der Waals surface area (Å²) < 4.78 is 26.3. The van der Waals surface area contributed by atoms with Gasteiger partial charge < -0.3 is 28.7 Å². The minimum absolute atomic E-state index is 0.108. The zero-order valence-electron chi connectivity index (χ0n) is 18.8. The zero-order chi connectivity index (χ0) is 24.5. The van der Waals surface area contributed by atoms with E-state index in [-0.39, 0.29) is 29.2 Å². The number of hydrogen-bond acceptors (Lipinski definition) is 8. The molecule has 0 aliphatic heterocycles. The van der Waals surface area contributed by atoms with Crippen LogP contribution in [0.1, 0.15) is 21.7 Å². The molecule has 0 fully saturated rings. The Balaban J connectivity index is 1.76. The first-order chi connectivity index (χ1) is 16.5. The lowest BCUT2D eigenvalue weighted by atomic mass is 10.1. The maximum atomic E-state index is 12.6. The molecule has 1 heterocycles. The molecule has 0 spiro atoms. The summed E-state index contributed by atoms with van der Waals surface area (Å²) in [5, 5.41) is 12.0. The maximum Gasteiger partial charge on any atom is 0.343 e. The third-order valence-electron chi connectivity index (χ3n) is 4.69. The van der Waals surface area contributed by atoms with Gasteiger partial charge in [0.2, 0.25) is 0 Å². The fraction of sp³-hybridized carbons (Fsp3) is 0.160. The molecule has 0 bridgehead atoms. The number of nitrogens with one attached hydrogen (secondary N) is 1. The van der Waals surface area contributed by atoms with Gasteiger partial charge in [-0.15, -0.1) is 0 Å². The van der Waals surface area contributed by atoms with Gasteiger partial charge in [-0.3, -0.25) is 4.79 Å². The molecule has 0 aliphatic rings. The Kier molecular flexibility index (Phi) is 7.92. The molecular formula is C25H22N2O7. The number of ether oxygens (including phenoxy) is 4. The molecule has 3 rings (SSSR count). The number of carbonyl (C=O) groups is 2. The molecule has 174 valence electrons. The van der Waals surface area contributed by atoms with Crippen molar-refractivity contribution in [1.29, 1.82) is 5.26 Å². The second kappa shape index (κ2) is 11.2. The minimum Gasteiger partial charge on any atom is -0.493 e. The van der Waals surface area contributed by atoms with E-state index >= 15 is 0 Å². The lowest BCUT2D eigenvalue weighted by molar-refractivity contribution is -0.117. The van der Waals surface area contributed by atoms with Crippen LogP contribution < -0.4 is 24.3 Å². The van der Waals surface area contributed by atoms with Crippen LogP contribution in [0.25, 0.3) is 6.08 Å². The number of amides is 1. The number of esters is 1. The number of nitriles is 1. The summed E-state index contributed by atoms with van der Waals surface area (Å²) in [5.41, 5.74) is 0.653. The highest BCUT2D eigenvalue weighted by Gasteiger charge is 2.16. The van der Waals surface area contributed by atoms with Crippen LogP contribution in [0.5, 0.6) is 23.0 Å². The quantitative estimate of drug-likeness (QED) is 0.221. The van der Waals surface area contributed by atoms with Gasteiger partial charge in [0.25, 0.3) is 5.91 Å². The number of methoxy groups -OCH3 is 3. The van der Waals surface area contributed by atoms with Gasteiger partial charge in [0.1, 0.15) is 17.4 Å². The van der Waals surface area contributed by atoms with Gasteiger partial charge in [-0.25, -0.2) is 4.79 Å². The Morgan fingerprint density at radius 1 is 0.971 bits per heavy atom. The summed E-state index contributed by atoms with van der Waals surface area (Å²) in [5.74, 6) is 0.663. The van der Waals surface area contributed by atoms with Crippen LogP contribution in [0.15, 0.2) is 64.8 Å². The highest BCUT2D eigenvalue weighted by Crippen LogP contribution is 2.31. The van der Waals surface area contributed by atoms with Gasteiger partial charge in [-0.05, 0) is 54.1 Å². The summed E-state index contributed by atoms with van der Waals surface area (Å²) in [4.78, 5) is 25.0. The molecule has 0 aliphatic carbocycles. The van der Waals surface area contributed by atoms with E-state index in [1.54, 1.807) is 36.4 Å². The second-order valence-electron chi connectivity index (χ2n) is 6.80. The number of hydrogen-bond donors (Lipinski definition) is 1. The summed E-state index contributed by atoms with van der Waals surface area (Å²) in [7, 11) is 4.38. The zero-order valence-corrected chi connectivity index (χ0v) is 18.8. The fourth-order valence-corrected chi connectivity index (χ4v) is 2.97. The Hall–Kier alpha value is -4.71. The molecule has 0 saturated heterocycles. The van der Waals surface area contributed by atoms with Gasteiger partial charge in [-0.1, -0.05) is 6.07 Å². The molecule has 9 nitrogen and oxygen atoms in total. The van der Waals surface area contributed by atoms with Crippen molar-refractivity contribution >= 4 is 18.0 Å². The Bertz CT molecular complexity index is 1240. The predicted octanol–water partition coefficient (Wildman–Crippen LogP) is 3.75. The maximum absolute atomic E-state index is 12.6. The molecule has 1 N–H and O–H groups in total. The first-order valence-electron chi connectivity index (χ1n) is 10.0. The molecule has 1 amide bonds. The first-order valence-corrected chi connectivity index (χ1v) is 10.0. The van der Waals surface area contributed by atoms with Crippen molar-refractivity contribution in [3.63, 3.8) is 0 Å². The van der Waals surface area contributed by atoms with Crippen LogP contribution in [0.2, 0.25) is 0 Å². The van der Waals surface area contributed by atoms with Crippen molar-refractivity contribution in [1.82, 2.24) is 5.32 Å². The Morgan fingerprint density at radius 3 is 2.32 bits per heavy atom. The molecule has 0 unspecified atom stereocenters. The van der Waals surface area contributed by atoms with Gasteiger partial charge in [0.05, 0.1) is 39.7 Å². The van der Waals surface area contributed by atoms with Crippen molar-refractivity contribution in [3.8, 4) is 29.1 Å². The van der Waals surface area contributed by atoms with E-state index in [1.165, 1.54) is 45.8 Å². The van der Waals surface area contributed by atoms with Crippen molar-refractivity contribution in [2.75, 3.05) is 21.3 Å². The molecule has 1 aromatic heterocycles. The largest absolute Gasteiger partial charge is 0.493 e. The van der Waals surface area contributed by atoms with E-state index in [1.807, 2.05) is 6.07 Å². The number of nitrogens with zero attached hydrogens (tertiary/aromatic N) is 1. The smallest absolute Gasteiger partial charge is 0.343 e. The van der Waals surface area contributed by atoms with Crippen molar-refractivity contribution in [3.05, 3.63) is 77.3 Å². The van der Waals surface area contributed by atoms with Gasteiger partial charge >= 0.3 is 5.97 Å². The standard InChI is InChI=1S/C25H22N2O7/c1-30-20-9-7-17(13-23(20)32-3)25(29)34-21-8-6-16(12-22(21)31-2)11-18(14-26)24(28)27-15-19-5-4-10-33-19/h4-13H,15H2,1-3H3,(H,27,28)/b18-11+. The highest BCUT2D eigenvalue weighted by atomic mass is 16.6. The lowest BCUT2D eigenvalue weighted by Gasteiger charge is -2.12. The molecule has 2 aromatic carbocycles. The minimum atomic E-state index is -0.627. The monoisotopic (exact) mass is 462 g/mol. The number of furan rings is 1. The molecule has 34 heavy (non-hydrogen) atoms. The summed E-state index contributed by atoms with van der Waals surface area (Å²) in [6.07, 6.45) is 2.90. The number of benzene rings is 2. The Morgan fingerprint density at radius 2 is 1.68 bits per heavy atom. The fourth-order valence-electron chi connectivity index (χ4n) is 2.97. The van der Waals surface area contributed by atoms with E-state index in [4.69, 9.17) is 23.4 Å². The first kappa shape index (κ1) is 23.9. The average molecular weight is 462 g/mol. The van der Waals surface area contributed by atoms with Crippen molar-refractivity contribution in [2.45, 2.75) is 6.54 Å². The molecule has 3 aromatic rings. The lowest BCUT2D eigenvalue weighted by Crippen LogP contribution is -2.23. The van der Waals surface area contributed by atoms with E-state index in [0.717, 1.165) is 0 Å². The molecular weight excluding hydrogens is 440 g/mol. The average Bonchev–Trinajstić information content (AvgIpc) is 3.39. The van der Waals surface area contributed by atoms with Crippen LogP contribution in [0.4, 0.5) is 0 Å². The summed E-state index contributed by atoms with van der Waals surface area (Å²) >= 11 is 0. The highest BCUT2D eigenvalue weighted by molar-refractivity contribution is 6.01. The molecule has 0 radical (unpaired) electrons. The van der Waals surface area contributed by atoms with Gasteiger partial charge in [-0.2, -0.15) is 5.26 Å². The van der Waals surface area contributed by atoms with Crippen LogP contribution in [0.3, 0.4) is 0 Å². The molecule has 0 atom stereocenters. The predicted molar refractivity (Wildman–Crippen MR) is 122 cm³/mol. The third kappa shape index (κ3) is 5.75. The topological polar surface area (TPSA) is 120 Å². The Labute approximate surface area is 196 Å². The SMILES string of the molecule is COc1ccc(C(=O)Oc2ccc(/C=C(\C#N)C(=O)NCc3ccco3)cc2OC)cc1OC. The van der Waals surface area contributed by atoms with Gasteiger partial charge in [0.15, 0.2) is 23.0 Å².